The monoisotopic (exact) mass is 192 g/mol. The van der Waals surface area contributed by atoms with Crippen LogP contribution < -0.4 is 0 Å². The van der Waals surface area contributed by atoms with Crippen molar-refractivity contribution in [1.29, 1.82) is 0 Å². The molecule has 0 aromatic heterocycles. The fourth-order valence-corrected chi connectivity index (χ4v) is 1.87. The van der Waals surface area contributed by atoms with Gasteiger partial charge in [0.2, 0.25) is 0 Å². The molecule has 0 saturated heterocycles. The van der Waals surface area contributed by atoms with E-state index in [9.17, 15) is 4.80 Å². The molecule has 0 radical (unpaired) electrons. The van der Waals surface area contributed by atoms with Gasteiger partial charge in [-0.2, -0.15) is 0 Å². The summed E-state index contributed by atoms with van der Waals surface area (Å²) in [6.45, 7) is 7.93. The average Bonchev–Trinajstić information content (AvgIpc) is 2.03. The highest BCUT2D eigenvalue weighted by Crippen LogP contribution is 2.02. The smallest absolute Gasteiger partial charge is 0.392 e. The maximum absolute atomic E-state index is 9.35. The largest absolute Gasteiger partial charge is 0.481 e. The van der Waals surface area contributed by atoms with Gasteiger partial charge in [-0.25, -0.2) is 0 Å². The van der Waals surface area contributed by atoms with Gasteiger partial charge in [-0.15, -0.1) is 0 Å². The molecule has 0 saturated carbocycles. The average molecular weight is 192 g/mol. The van der Waals surface area contributed by atoms with Crippen LogP contribution in [0, 0.1) is 0 Å². The first-order chi connectivity index (χ1) is 5.60. The summed E-state index contributed by atoms with van der Waals surface area (Å²) in [6, 6.07) is 0. The molecule has 0 aliphatic carbocycles. The second kappa shape index (κ2) is 6.60. The van der Waals surface area contributed by atoms with Gasteiger partial charge in [-0.1, -0.05) is 13.8 Å². The summed E-state index contributed by atoms with van der Waals surface area (Å²) in [6.07, 6.45) is 2.04. The van der Waals surface area contributed by atoms with Crippen LogP contribution in [0.5, 0.6) is 0 Å². The summed E-state index contributed by atoms with van der Waals surface area (Å²) in [7, 11) is -2.35. The zero-order valence-electron chi connectivity index (χ0n) is 8.41. The van der Waals surface area contributed by atoms with E-state index in [-0.39, 0.29) is 12.2 Å². The Hall–Kier alpha value is 0.0969. The van der Waals surface area contributed by atoms with Gasteiger partial charge in [0, 0.05) is 12.2 Å². The predicted octanol–water partition coefficient (Wildman–Crippen LogP) is 1.33. The fraction of sp³-hybridized carbons (Fsp3) is 1.00. The minimum absolute atomic E-state index is 0.107. The molecule has 0 aliphatic heterocycles. The molecule has 4 heteroatoms. The first kappa shape index (κ1) is 12.1. The molecule has 0 aliphatic rings. The SMILES string of the molecule is CCC(C)O[SiH](O)OC(C)CC. The lowest BCUT2D eigenvalue weighted by Gasteiger charge is -2.18. The second-order valence-corrected chi connectivity index (χ2v) is 4.18. The number of hydrogen-bond donors (Lipinski definition) is 1. The summed E-state index contributed by atoms with van der Waals surface area (Å²) < 4.78 is 10.5. The standard InChI is InChI=1S/C8H20O3Si/c1-5-7(3)10-12(9)11-8(4)6-2/h7-9,12H,5-6H2,1-4H3. The first-order valence-corrected chi connectivity index (χ1v) is 6.05. The zero-order valence-corrected chi connectivity index (χ0v) is 9.56. The van der Waals surface area contributed by atoms with Crippen LogP contribution in [-0.4, -0.2) is 26.5 Å². The molecule has 0 amide bonds. The number of rotatable bonds is 6. The molecule has 0 bridgehead atoms. The van der Waals surface area contributed by atoms with E-state index in [1.54, 1.807) is 0 Å². The first-order valence-electron chi connectivity index (χ1n) is 4.59. The fourth-order valence-electron chi connectivity index (χ4n) is 0.622. The highest BCUT2D eigenvalue weighted by molar-refractivity contribution is 6.34. The molecule has 1 N–H and O–H groups in total. The Kier molecular flexibility index (Phi) is 6.65. The minimum Gasteiger partial charge on any atom is -0.392 e. The molecule has 2 unspecified atom stereocenters. The van der Waals surface area contributed by atoms with Crippen LogP contribution in [0.3, 0.4) is 0 Å². The molecule has 2 atom stereocenters. The van der Waals surface area contributed by atoms with Crippen LogP contribution in [-0.2, 0) is 8.85 Å². The van der Waals surface area contributed by atoms with Gasteiger partial charge >= 0.3 is 9.53 Å². The lowest BCUT2D eigenvalue weighted by atomic mass is 10.3. The van der Waals surface area contributed by atoms with Crippen molar-refractivity contribution < 1.29 is 13.6 Å². The van der Waals surface area contributed by atoms with E-state index in [0.29, 0.717) is 0 Å². The van der Waals surface area contributed by atoms with Crippen LogP contribution in [0.4, 0.5) is 0 Å². The molecule has 0 fully saturated rings. The van der Waals surface area contributed by atoms with E-state index in [0.717, 1.165) is 12.8 Å². The molecular weight excluding hydrogens is 172 g/mol. The molecule has 0 spiro atoms. The van der Waals surface area contributed by atoms with Crippen molar-refractivity contribution in [2.24, 2.45) is 0 Å². The molecular formula is C8H20O3Si. The maximum Gasteiger partial charge on any atom is 0.481 e. The molecule has 12 heavy (non-hydrogen) atoms. The van der Waals surface area contributed by atoms with E-state index in [1.165, 1.54) is 0 Å². The molecule has 0 aromatic carbocycles. The summed E-state index contributed by atoms with van der Waals surface area (Å²) in [5.41, 5.74) is 0. The Morgan fingerprint density at radius 3 is 1.67 bits per heavy atom. The van der Waals surface area contributed by atoms with Gasteiger partial charge in [0.1, 0.15) is 0 Å². The quantitative estimate of drug-likeness (QED) is 0.645. The van der Waals surface area contributed by atoms with Crippen molar-refractivity contribution in [1.82, 2.24) is 0 Å². The third-order valence-corrected chi connectivity index (χ3v) is 3.24. The van der Waals surface area contributed by atoms with Crippen LogP contribution in [0.25, 0.3) is 0 Å². The van der Waals surface area contributed by atoms with Crippen LogP contribution in [0.1, 0.15) is 40.5 Å². The second-order valence-electron chi connectivity index (χ2n) is 3.02. The van der Waals surface area contributed by atoms with Crippen molar-refractivity contribution in [3.63, 3.8) is 0 Å². The molecule has 74 valence electrons. The van der Waals surface area contributed by atoms with Gasteiger partial charge in [0.15, 0.2) is 0 Å². The van der Waals surface area contributed by atoms with E-state index in [4.69, 9.17) is 8.85 Å². The molecule has 3 nitrogen and oxygen atoms in total. The lowest BCUT2D eigenvalue weighted by Crippen LogP contribution is -2.30. The van der Waals surface area contributed by atoms with E-state index >= 15 is 0 Å². The Morgan fingerprint density at radius 1 is 1.08 bits per heavy atom. The van der Waals surface area contributed by atoms with Crippen LogP contribution in [0.2, 0.25) is 0 Å². The Morgan fingerprint density at radius 2 is 1.42 bits per heavy atom. The zero-order chi connectivity index (χ0) is 9.56. The van der Waals surface area contributed by atoms with Gasteiger partial charge in [-0.3, -0.25) is 0 Å². The normalized spacial score (nSPS) is 18.8. The van der Waals surface area contributed by atoms with Crippen LogP contribution >= 0.6 is 0 Å². The highest BCUT2D eigenvalue weighted by atomic mass is 28.3. The predicted molar refractivity (Wildman–Crippen MR) is 51.0 cm³/mol. The number of hydrogen-bond acceptors (Lipinski definition) is 3. The van der Waals surface area contributed by atoms with Gasteiger partial charge in [0.05, 0.1) is 0 Å². The summed E-state index contributed by atoms with van der Waals surface area (Å²) in [5.74, 6) is 0. The summed E-state index contributed by atoms with van der Waals surface area (Å²) in [4.78, 5) is 9.35. The van der Waals surface area contributed by atoms with Crippen molar-refractivity contribution in [2.75, 3.05) is 0 Å². The topological polar surface area (TPSA) is 38.7 Å². The Labute approximate surface area is 76.7 Å². The van der Waals surface area contributed by atoms with Crippen molar-refractivity contribution in [2.45, 2.75) is 52.7 Å². The molecule has 0 aromatic rings. The van der Waals surface area contributed by atoms with Crippen molar-refractivity contribution >= 4 is 9.53 Å². The van der Waals surface area contributed by atoms with Gasteiger partial charge in [0.25, 0.3) is 0 Å². The van der Waals surface area contributed by atoms with E-state index in [1.807, 2.05) is 27.7 Å². The third kappa shape index (κ3) is 5.71. The van der Waals surface area contributed by atoms with E-state index in [2.05, 4.69) is 0 Å². The minimum atomic E-state index is -2.35. The summed E-state index contributed by atoms with van der Waals surface area (Å²) >= 11 is 0. The summed E-state index contributed by atoms with van der Waals surface area (Å²) in [5, 5.41) is 0. The lowest BCUT2D eigenvalue weighted by molar-refractivity contribution is 0.0638. The van der Waals surface area contributed by atoms with Gasteiger partial charge < -0.3 is 13.6 Å². The molecule has 0 heterocycles. The van der Waals surface area contributed by atoms with Crippen molar-refractivity contribution in [3.05, 3.63) is 0 Å². The Bertz CT molecular complexity index is 98.5. The van der Waals surface area contributed by atoms with Gasteiger partial charge in [-0.05, 0) is 26.7 Å². The maximum atomic E-state index is 9.35. The third-order valence-electron chi connectivity index (χ3n) is 1.85. The van der Waals surface area contributed by atoms with Crippen LogP contribution in [0.15, 0.2) is 0 Å². The highest BCUT2D eigenvalue weighted by Gasteiger charge is 2.15. The molecule has 0 rings (SSSR count). The van der Waals surface area contributed by atoms with Crippen molar-refractivity contribution in [3.8, 4) is 0 Å². The Balaban J connectivity index is 3.51. The van der Waals surface area contributed by atoms with E-state index < -0.39 is 9.53 Å².